The maximum Gasteiger partial charge on any atom is 0.317 e. The van der Waals surface area contributed by atoms with E-state index in [0.29, 0.717) is 18.0 Å². The smallest absolute Gasteiger partial charge is 0.317 e. The molecule has 1 unspecified atom stereocenters. The van der Waals surface area contributed by atoms with E-state index < -0.39 is 0 Å². The summed E-state index contributed by atoms with van der Waals surface area (Å²) in [5.74, 6) is 1.41. The van der Waals surface area contributed by atoms with Crippen molar-refractivity contribution in [2.75, 3.05) is 27.3 Å². The van der Waals surface area contributed by atoms with Gasteiger partial charge >= 0.3 is 6.03 Å². The number of allylic oxidation sites excluding steroid dienone is 2. The van der Waals surface area contributed by atoms with E-state index in [1.807, 2.05) is 36.2 Å². The van der Waals surface area contributed by atoms with Crippen molar-refractivity contribution in [3.8, 4) is 22.6 Å². The maximum atomic E-state index is 12.4. The van der Waals surface area contributed by atoms with E-state index in [4.69, 9.17) is 14.5 Å². The Morgan fingerprint density at radius 1 is 1.16 bits per heavy atom. The number of benzene rings is 1. The van der Waals surface area contributed by atoms with Crippen LogP contribution in [0.15, 0.2) is 48.2 Å². The molecule has 1 aromatic carbocycles. The van der Waals surface area contributed by atoms with Gasteiger partial charge in [-0.1, -0.05) is 25.1 Å². The number of urea groups is 1. The number of rotatable bonds is 6. The van der Waals surface area contributed by atoms with Crippen LogP contribution in [0.2, 0.25) is 0 Å². The van der Waals surface area contributed by atoms with E-state index in [2.05, 4.69) is 30.5 Å². The molecule has 2 heterocycles. The van der Waals surface area contributed by atoms with Crippen LogP contribution in [-0.4, -0.2) is 49.3 Å². The van der Waals surface area contributed by atoms with Crippen molar-refractivity contribution in [1.29, 1.82) is 0 Å². The van der Waals surface area contributed by atoms with Gasteiger partial charge in [-0.2, -0.15) is 0 Å². The molecule has 0 spiro atoms. The molecule has 2 amide bonds. The zero-order chi connectivity index (χ0) is 22.7. The van der Waals surface area contributed by atoms with E-state index in [1.165, 1.54) is 16.7 Å². The van der Waals surface area contributed by atoms with Crippen molar-refractivity contribution in [3.05, 3.63) is 59.4 Å². The Balaban J connectivity index is 1.54. The Morgan fingerprint density at radius 2 is 1.97 bits per heavy atom. The van der Waals surface area contributed by atoms with Gasteiger partial charge in [0.2, 0.25) is 0 Å². The van der Waals surface area contributed by atoms with E-state index >= 15 is 0 Å². The van der Waals surface area contributed by atoms with Crippen LogP contribution in [0.25, 0.3) is 16.7 Å². The lowest BCUT2D eigenvalue weighted by atomic mass is 9.94. The van der Waals surface area contributed by atoms with Gasteiger partial charge < -0.3 is 19.7 Å². The van der Waals surface area contributed by atoms with Gasteiger partial charge in [0.15, 0.2) is 11.5 Å². The quantitative estimate of drug-likeness (QED) is 0.708. The normalized spacial score (nSPS) is 16.1. The summed E-state index contributed by atoms with van der Waals surface area (Å²) < 4.78 is 10.8. The predicted molar refractivity (Wildman–Crippen MR) is 127 cm³/mol. The number of carbonyl (C=O) groups is 1. The van der Waals surface area contributed by atoms with Crippen molar-refractivity contribution in [2.24, 2.45) is 0 Å². The molecule has 1 aliphatic heterocycles. The molecule has 0 saturated carbocycles. The summed E-state index contributed by atoms with van der Waals surface area (Å²) in [6, 6.07) is 8.35. The number of amides is 2. The van der Waals surface area contributed by atoms with E-state index in [-0.39, 0.29) is 12.1 Å². The number of pyridine rings is 1. The van der Waals surface area contributed by atoms with Crippen LogP contribution in [0.1, 0.15) is 37.9 Å². The predicted octanol–water partition coefficient (Wildman–Crippen LogP) is 4.85. The van der Waals surface area contributed by atoms with Crippen LogP contribution >= 0.6 is 0 Å². The summed E-state index contributed by atoms with van der Waals surface area (Å²) in [6.07, 6.45) is 8.99. The lowest BCUT2D eigenvalue weighted by molar-refractivity contribution is 0.198. The fourth-order valence-electron chi connectivity index (χ4n) is 4.18. The van der Waals surface area contributed by atoms with Crippen molar-refractivity contribution < 1.29 is 14.3 Å². The molecule has 32 heavy (non-hydrogen) atoms. The molecular formula is C26H31N3O3. The van der Waals surface area contributed by atoms with Gasteiger partial charge in [0.1, 0.15) is 0 Å². The number of carbonyl (C=O) groups excluding carboxylic acids is 1. The Labute approximate surface area is 189 Å². The fourth-order valence-corrected chi connectivity index (χ4v) is 4.18. The third-order valence-corrected chi connectivity index (χ3v) is 6.30. The van der Waals surface area contributed by atoms with Gasteiger partial charge in [-0.25, -0.2) is 4.79 Å². The lowest BCUT2D eigenvalue weighted by Crippen LogP contribution is -2.45. The maximum absolute atomic E-state index is 12.4. The number of fused-ring (bicyclic) bond motifs is 1. The number of aromatic nitrogens is 1. The molecule has 1 aliphatic carbocycles. The third kappa shape index (κ3) is 4.35. The van der Waals surface area contributed by atoms with Crippen LogP contribution in [0.3, 0.4) is 0 Å². The number of hydrogen-bond acceptors (Lipinski definition) is 4. The first-order valence-corrected chi connectivity index (χ1v) is 11.2. The molecule has 0 saturated heterocycles. The average Bonchev–Trinajstić information content (AvgIpc) is 3.26. The number of hydrogen-bond donors (Lipinski definition) is 1. The molecule has 2 aromatic rings. The van der Waals surface area contributed by atoms with Crippen LogP contribution in [0.4, 0.5) is 4.79 Å². The van der Waals surface area contributed by atoms with Gasteiger partial charge in [-0.15, -0.1) is 0 Å². The molecule has 1 aromatic heterocycles. The van der Waals surface area contributed by atoms with Crippen LogP contribution in [-0.2, 0) is 6.42 Å². The first-order valence-electron chi connectivity index (χ1n) is 11.2. The zero-order valence-electron chi connectivity index (χ0n) is 19.3. The molecule has 2 aliphatic rings. The lowest BCUT2D eigenvalue weighted by Gasteiger charge is -2.28. The molecule has 0 radical (unpaired) electrons. The number of nitrogens with one attached hydrogen (secondary N) is 1. The first kappa shape index (κ1) is 21.9. The highest BCUT2D eigenvalue weighted by molar-refractivity contribution is 5.86. The molecule has 6 heteroatoms. The highest BCUT2D eigenvalue weighted by Crippen LogP contribution is 2.38. The second-order valence-corrected chi connectivity index (χ2v) is 8.29. The Hall–Kier alpha value is -3.28. The molecule has 0 bridgehead atoms. The average molecular weight is 434 g/mol. The fraction of sp³-hybridized carbons (Fsp3) is 0.385. The summed E-state index contributed by atoms with van der Waals surface area (Å²) in [5.41, 5.74) is 6.90. The summed E-state index contributed by atoms with van der Waals surface area (Å²) >= 11 is 0. The minimum atomic E-state index is 0.0212. The Kier molecular flexibility index (Phi) is 6.49. The van der Waals surface area contributed by atoms with Gasteiger partial charge in [-0.3, -0.25) is 4.98 Å². The second-order valence-electron chi connectivity index (χ2n) is 8.29. The first-order chi connectivity index (χ1) is 15.5. The van der Waals surface area contributed by atoms with Gasteiger partial charge in [0, 0.05) is 42.9 Å². The number of nitrogens with zero attached hydrogens (tertiary/aromatic N) is 2. The summed E-state index contributed by atoms with van der Waals surface area (Å²) in [5, 5.41) is 3.06. The molecule has 1 N–H and O–H groups in total. The summed E-state index contributed by atoms with van der Waals surface area (Å²) in [4.78, 5) is 19.1. The van der Waals surface area contributed by atoms with Crippen molar-refractivity contribution in [1.82, 2.24) is 15.2 Å². The minimum absolute atomic E-state index is 0.0212. The Morgan fingerprint density at radius 3 is 2.66 bits per heavy atom. The standard InChI is InChI=1S/C26H31N3O3/c1-5-17(2)28-26(30)29-12-10-18(11-13-29)21-7-8-23-22(21)14-20(16-27-23)19-6-9-24(31-3)25(15-19)32-4/h6-7,9-10,14-17H,5,8,11-13H2,1-4H3,(H,28,30). The molecular weight excluding hydrogens is 402 g/mol. The van der Waals surface area contributed by atoms with Crippen LogP contribution < -0.4 is 14.8 Å². The highest BCUT2D eigenvalue weighted by atomic mass is 16.5. The van der Waals surface area contributed by atoms with Gasteiger partial charge in [0.25, 0.3) is 0 Å². The molecule has 0 fully saturated rings. The van der Waals surface area contributed by atoms with Crippen molar-refractivity contribution >= 4 is 11.6 Å². The molecule has 1 atom stereocenters. The highest BCUT2D eigenvalue weighted by Gasteiger charge is 2.24. The van der Waals surface area contributed by atoms with E-state index in [0.717, 1.165) is 42.6 Å². The number of ether oxygens (including phenoxy) is 2. The van der Waals surface area contributed by atoms with Gasteiger partial charge in [0.05, 0.1) is 19.9 Å². The topological polar surface area (TPSA) is 63.7 Å². The second kappa shape index (κ2) is 9.47. The monoisotopic (exact) mass is 433 g/mol. The van der Waals surface area contributed by atoms with Crippen molar-refractivity contribution in [3.63, 3.8) is 0 Å². The molecule has 4 rings (SSSR count). The third-order valence-electron chi connectivity index (χ3n) is 6.30. The number of methoxy groups -OCH3 is 2. The SMILES string of the molecule is CCC(C)NC(=O)N1CC=C(C2=CCc3ncc(-c4ccc(OC)c(OC)c4)cc32)CC1. The largest absolute Gasteiger partial charge is 0.493 e. The van der Waals surface area contributed by atoms with Crippen LogP contribution in [0.5, 0.6) is 11.5 Å². The van der Waals surface area contributed by atoms with E-state index in [1.54, 1.807) is 14.2 Å². The minimum Gasteiger partial charge on any atom is -0.493 e. The van der Waals surface area contributed by atoms with E-state index in [9.17, 15) is 4.79 Å². The summed E-state index contributed by atoms with van der Waals surface area (Å²) in [7, 11) is 3.28. The summed E-state index contributed by atoms with van der Waals surface area (Å²) in [6.45, 7) is 5.47. The van der Waals surface area contributed by atoms with Crippen LogP contribution in [0, 0.1) is 0 Å². The molecule has 6 nitrogen and oxygen atoms in total. The molecule has 168 valence electrons. The van der Waals surface area contributed by atoms with Crippen molar-refractivity contribution in [2.45, 2.75) is 39.2 Å². The zero-order valence-corrected chi connectivity index (χ0v) is 19.3. The van der Waals surface area contributed by atoms with Gasteiger partial charge in [-0.05, 0) is 54.7 Å². The Bertz CT molecular complexity index is 1070.